The summed E-state index contributed by atoms with van der Waals surface area (Å²) >= 11 is 5.84. The summed E-state index contributed by atoms with van der Waals surface area (Å²) in [5.41, 5.74) is 3.17. The summed E-state index contributed by atoms with van der Waals surface area (Å²) in [7, 11) is 0. The number of rotatable bonds is 4. The molecule has 102 valence electrons. The Morgan fingerprint density at radius 3 is 2.42 bits per heavy atom. The number of nitrogens with two attached hydrogens (primary N) is 1. The number of aromatic nitrogens is 1. The molecule has 1 heterocycles. The van der Waals surface area contributed by atoms with Crippen molar-refractivity contribution in [2.75, 3.05) is 11.6 Å². The van der Waals surface area contributed by atoms with E-state index in [1.807, 2.05) is 43.5 Å². The van der Waals surface area contributed by atoms with Gasteiger partial charge in [-0.25, -0.2) is 5.84 Å². The molecule has 0 spiro atoms. The Morgan fingerprint density at radius 2 is 1.84 bits per heavy atom. The second kappa shape index (κ2) is 7.34. The molecule has 0 fully saturated rings. The highest BCUT2D eigenvalue weighted by Gasteiger charge is 2.02. The lowest BCUT2D eigenvalue weighted by Gasteiger charge is -2.18. The Hall–Kier alpha value is -1.29. The van der Waals surface area contributed by atoms with Gasteiger partial charge in [0.05, 0.1) is 5.69 Å². The minimum Gasteiger partial charge on any atom is -0.311 e. The van der Waals surface area contributed by atoms with Crippen molar-refractivity contribution in [1.82, 2.24) is 4.98 Å². The van der Waals surface area contributed by atoms with Gasteiger partial charge in [-0.2, -0.15) is 0 Å². The molecule has 0 aliphatic heterocycles. The van der Waals surface area contributed by atoms with Crippen LogP contribution in [0.4, 0.5) is 5.69 Å². The molecule has 1 aromatic heterocycles. The fourth-order valence-corrected chi connectivity index (χ4v) is 1.78. The molecular weight excluding hydrogens is 281 g/mol. The molecule has 1 aromatic carbocycles. The fraction of sp³-hybridized carbons (Fsp3) is 0.214. The van der Waals surface area contributed by atoms with Crippen LogP contribution in [0.1, 0.15) is 11.3 Å². The zero-order chi connectivity index (χ0) is 13.0. The second-order valence-electron chi connectivity index (χ2n) is 4.23. The highest BCUT2D eigenvalue weighted by Crippen LogP contribution is 2.16. The minimum atomic E-state index is 0. The van der Waals surface area contributed by atoms with Crippen LogP contribution < -0.4 is 10.9 Å². The summed E-state index contributed by atoms with van der Waals surface area (Å²) in [6.45, 7) is 2.72. The summed E-state index contributed by atoms with van der Waals surface area (Å²) in [4.78, 5) is 4.26. The van der Waals surface area contributed by atoms with Gasteiger partial charge in [0.2, 0.25) is 0 Å². The Labute approximate surface area is 124 Å². The first-order valence-electron chi connectivity index (χ1n) is 5.84. The van der Waals surface area contributed by atoms with Gasteiger partial charge in [-0.1, -0.05) is 17.7 Å². The van der Waals surface area contributed by atoms with Crippen molar-refractivity contribution >= 4 is 29.7 Å². The molecule has 5 heteroatoms. The minimum absolute atomic E-state index is 0. The van der Waals surface area contributed by atoms with Crippen LogP contribution >= 0.6 is 24.0 Å². The predicted octanol–water partition coefficient (Wildman–Crippen LogP) is 3.39. The van der Waals surface area contributed by atoms with Crippen molar-refractivity contribution in [3.63, 3.8) is 0 Å². The summed E-state index contributed by atoms with van der Waals surface area (Å²) in [6.07, 6.45) is 2.76. The average molecular weight is 298 g/mol. The highest BCUT2D eigenvalue weighted by molar-refractivity contribution is 6.30. The molecule has 0 atom stereocenters. The van der Waals surface area contributed by atoms with E-state index in [2.05, 4.69) is 11.1 Å². The van der Waals surface area contributed by atoms with Crippen LogP contribution in [0.15, 0.2) is 42.6 Å². The maximum atomic E-state index is 5.99. The van der Waals surface area contributed by atoms with E-state index >= 15 is 0 Å². The van der Waals surface area contributed by atoms with Gasteiger partial charge < -0.3 is 5.01 Å². The Bertz CT molecular complexity index is 497. The molecule has 2 rings (SSSR count). The predicted molar refractivity (Wildman–Crippen MR) is 82.9 cm³/mol. The van der Waals surface area contributed by atoms with Gasteiger partial charge >= 0.3 is 0 Å². The molecule has 3 nitrogen and oxygen atoms in total. The fourth-order valence-electron chi connectivity index (χ4n) is 1.66. The van der Waals surface area contributed by atoms with Crippen molar-refractivity contribution in [2.45, 2.75) is 13.3 Å². The number of hydrogen-bond acceptors (Lipinski definition) is 3. The molecule has 0 saturated carbocycles. The van der Waals surface area contributed by atoms with Crippen molar-refractivity contribution in [3.05, 3.63) is 58.9 Å². The Balaban J connectivity index is 0.00000180. The topological polar surface area (TPSA) is 42.1 Å². The molecule has 2 aromatic rings. The molecule has 0 unspecified atom stereocenters. The molecule has 2 N–H and O–H groups in total. The first kappa shape index (κ1) is 15.8. The van der Waals surface area contributed by atoms with Gasteiger partial charge in [-0.15, -0.1) is 12.4 Å². The average Bonchev–Trinajstić information content (AvgIpc) is 2.38. The van der Waals surface area contributed by atoms with Crippen LogP contribution in [0.2, 0.25) is 5.02 Å². The van der Waals surface area contributed by atoms with Crippen LogP contribution in [0.25, 0.3) is 0 Å². The monoisotopic (exact) mass is 297 g/mol. The van der Waals surface area contributed by atoms with E-state index < -0.39 is 0 Å². The van der Waals surface area contributed by atoms with Crippen molar-refractivity contribution in [2.24, 2.45) is 5.84 Å². The normalized spacial score (nSPS) is 9.84. The Morgan fingerprint density at radius 1 is 1.16 bits per heavy atom. The van der Waals surface area contributed by atoms with E-state index in [-0.39, 0.29) is 12.4 Å². The third kappa shape index (κ3) is 4.71. The van der Waals surface area contributed by atoms with Gasteiger partial charge in [-0.05, 0) is 49.2 Å². The first-order chi connectivity index (χ1) is 8.65. The Kier molecular flexibility index (Phi) is 6.09. The molecule has 0 amide bonds. The van der Waals surface area contributed by atoms with Crippen molar-refractivity contribution < 1.29 is 0 Å². The van der Waals surface area contributed by atoms with E-state index in [1.54, 1.807) is 5.01 Å². The number of benzene rings is 1. The summed E-state index contributed by atoms with van der Waals surface area (Å²) in [5.74, 6) is 5.99. The molecule has 19 heavy (non-hydrogen) atoms. The SMILES string of the molecule is Cc1ccc(CCN(N)c2ccc(Cl)cc2)cn1.Cl. The van der Waals surface area contributed by atoms with Gasteiger partial charge in [0.1, 0.15) is 0 Å². The largest absolute Gasteiger partial charge is 0.311 e. The van der Waals surface area contributed by atoms with E-state index in [1.165, 1.54) is 5.56 Å². The lowest BCUT2D eigenvalue weighted by molar-refractivity contribution is 0.820. The number of halogens is 2. The number of aryl methyl sites for hydroxylation is 1. The lowest BCUT2D eigenvalue weighted by atomic mass is 10.2. The lowest BCUT2D eigenvalue weighted by Crippen LogP contribution is -2.32. The van der Waals surface area contributed by atoms with Gasteiger partial charge in [0, 0.05) is 23.5 Å². The first-order valence-corrected chi connectivity index (χ1v) is 6.22. The number of hydrazine groups is 1. The molecule has 0 radical (unpaired) electrons. The summed E-state index contributed by atoms with van der Waals surface area (Å²) < 4.78 is 0. The van der Waals surface area contributed by atoms with Crippen LogP contribution in [0, 0.1) is 6.92 Å². The number of nitrogens with zero attached hydrogens (tertiary/aromatic N) is 2. The van der Waals surface area contributed by atoms with Crippen LogP contribution in [-0.2, 0) is 6.42 Å². The zero-order valence-corrected chi connectivity index (χ0v) is 12.3. The molecule has 0 aliphatic carbocycles. The number of pyridine rings is 1. The molecular formula is C14H17Cl2N3. The summed E-state index contributed by atoms with van der Waals surface area (Å²) in [6, 6.07) is 11.6. The third-order valence-electron chi connectivity index (χ3n) is 2.77. The second-order valence-corrected chi connectivity index (χ2v) is 4.66. The van der Waals surface area contributed by atoms with E-state index in [0.717, 1.165) is 29.4 Å². The van der Waals surface area contributed by atoms with Crippen LogP contribution in [0.5, 0.6) is 0 Å². The molecule has 0 bridgehead atoms. The smallest absolute Gasteiger partial charge is 0.0518 e. The molecule has 0 saturated heterocycles. The van der Waals surface area contributed by atoms with Gasteiger partial charge in [0.15, 0.2) is 0 Å². The highest BCUT2D eigenvalue weighted by atomic mass is 35.5. The van der Waals surface area contributed by atoms with Crippen molar-refractivity contribution in [1.29, 1.82) is 0 Å². The van der Waals surface area contributed by atoms with Gasteiger partial charge in [-0.3, -0.25) is 4.98 Å². The third-order valence-corrected chi connectivity index (χ3v) is 3.02. The standard InChI is InChI=1S/C14H16ClN3.ClH/c1-11-2-3-12(10-17-11)8-9-18(16)14-6-4-13(15)5-7-14;/h2-7,10H,8-9,16H2,1H3;1H. The quantitative estimate of drug-likeness (QED) is 0.695. The number of anilines is 1. The van der Waals surface area contributed by atoms with Gasteiger partial charge in [0.25, 0.3) is 0 Å². The molecule has 0 aliphatic rings. The van der Waals surface area contributed by atoms with E-state index in [0.29, 0.717) is 0 Å². The maximum Gasteiger partial charge on any atom is 0.0518 e. The van der Waals surface area contributed by atoms with Crippen molar-refractivity contribution in [3.8, 4) is 0 Å². The van der Waals surface area contributed by atoms with E-state index in [9.17, 15) is 0 Å². The maximum absolute atomic E-state index is 5.99. The van der Waals surface area contributed by atoms with Crippen LogP contribution in [0.3, 0.4) is 0 Å². The van der Waals surface area contributed by atoms with Crippen LogP contribution in [-0.4, -0.2) is 11.5 Å². The van der Waals surface area contributed by atoms with E-state index in [4.69, 9.17) is 17.4 Å². The number of hydrogen-bond donors (Lipinski definition) is 1. The zero-order valence-electron chi connectivity index (χ0n) is 10.7. The summed E-state index contributed by atoms with van der Waals surface area (Å²) in [5, 5.41) is 2.44.